The van der Waals surface area contributed by atoms with E-state index in [4.69, 9.17) is 6.42 Å². The lowest BCUT2D eigenvalue weighted by Crippen LogP contribution is -2.23. The van der Waals surface area contributed by atoms with Gasteiger partial charge < -0.3 is 5.32 Å². The molecule has 1 N–H and O–H groups in total. The van der Waals surface area contributed by atoms with Crippen molar-refractivity contribution in [1.29, 1.82) is 0 Å². The Kier molecular flexibility index (Phi) is 4.67. The lowest BCUT2D eigenvalue weighted by atomic mass is 10.0. The summed E-state index contributed by atoms with van der Waals surface area (Å²) < 4.78 is 1.72. The summed E-state index contributed by atoms with van der Waals surface area (Å²) in [4.78, 5) is 12.5. The third kappa shape index (κ3) is 3.46. The fourth-order valence-electron chi connectivity index (χ4n) is 2.58. The maximum absolute atomic E-state index is 12.5. The summed E-state index contributed by atoms with van der Waals surface area (Å²) >= 11 is 0. The molecule has 1 amide bonds. The van der Waals surface area contributed by atoms with Gasteiger partial charge in [-0.2, -0.15) is 5.10 Å². The first-order chi connectivity index (χ1) is 12.1. The van der Waals surface area contributed by atoms with Gasteiger partial charge in [0.15, 0.2) is 0 Å². The van der Waals surface area contributed by atoms with Crippen LogP contribution in [0, 0.1) is 26.2 Å². The zero-order valence-electron chi connectivity index (χ0n) is 14.3. The SMILES string of the molecule is C#CCNC(=O)c1cn(-c2ccccc2)nc1-c1ccc(C)c(C)c1. The summed E-state index contributed by atoms with van der Waals surface area (Å²) in [5, 5.41) is 7.38. The first kappa shape index (κ1) is 16.5. The summed E-state index contributed by atoms with van der Waals surface area (Å²) in [5.41, 5.74) is 5.29. The number of carbonyl (C=O) groups is 1. The number of hydrogen-bond acceptors (Lipinski definition) is 2. The van der Waals surface area contributed by atoms with Gasteiger partial charge in [0.25, 0.3) is 5.91 Å². The van der Waals surface area contributed by atoms with Crippen LogP contribution in [0.3, 0.4) is 0 Å². The highest BCUT2D eigenvalue weighted by molar-refractivity contribution is 6.00. The normalized spacial score (nSPS) is 10.3. The Bertz CT molecular complexity index is 949. The molecule has 3 aromatic rings. The van der Waals surface area contributed by atoms with Gasteiger partial charge in [0.05, 0.1) is 17.8 Å². The quantitative estimate of drug-likeness (QED) is 0.745. The Morgan fingerprint density at radius 3 is 2.60 bits per heavy atom. The highest BCUT2D eigenvalue weighted by Crippen LogP contribution is 2.25. The largest absolute Gasteiger partial charge is 0.341 e. The third-order valence-corrected chi connectivity index (χ3v) is 4.11. The van der Waals surface area contributed by atoms with Gasteiger partial charge in [-0.25, -0.2) is 4.68 Å². The van der Waals surface area contributed by atoms with Crippen LogP contribution in [0.25, 0.3) is 16.9 Å². The van der Waals surface area contributed by atoms with Gasteiger partial charge in [-0.15, -0.1) is 6.42 Å². The van der Waals surface area contributed by atoms with Gasteiger partial charge >= 0.3 is 0 Å². The van der Waals surface area contributed by atoms with E-state index in [2.05, 4.69) is 23.3 Å². The van der Waals surface area contributed by atoms with Gasteiger partial charge in [0.2, 0.25) is 0 Å². The molecule has 25 heavy (non-hydrogen) atoms. The van der Waals surface area contributed by atoms with Crippen LogP contribution in [0.5, 0.6) is 0 Å². The number of amides is 1. The minimum atomic E-state index is -0.228. The molecule has 0 saturated heterocycles. The smallest absolute Gasteiger partial charge is 0.255 e. The zero-order chi connectivity index (χ0) is 17.8. The van der Waals surface area contributed by atoms with Crippen LogP contribution in [0.1, 0.15) is 21.5 Å². The number of nitrogens with one attached hydrogen (secondary N) is 1. The van der Waals surface area contributed by atoms with Crippen molar-refractivity contribution >= 4 is 5.91 Å². The van der Waals surface area contributed by atoms with Crippen molar-refractivity contribution in [3.05, 3.63) is 71.4 Å². The average Bonchev–Trinajstić information content (AvgIpc) is 3.08. The Labute approximate surface area is 147 Å². The molecule has 0 bridgehead atoms. The highest BCUT2D eigenvalue weighted by atomic mass is 16.1. The Balaban J connectivity index is 2.11. The first-order valence-electron chi connectivity index (χ1n) is 8.04. The zero-order valence-corrected chi connectivity index (χ0v) is 14.3. The van der Waals surface area contributed by atoms with Crippen molar-refractivity contribution < 1.29 is 4.79 Å². The lowest BCUT2D eigenvalue weighted by molar-refractivity contribution is 0.0959. The second-order valence-electron chi connectivity index (χ2n) is 5.86. The molecular weight excluding hydrogens is 310 g/mol. The second-order valence-corrected chi connectivity index (χ2v) is 5.86. The van der Waals surface area contributed by atoms with Crippen LogP contribution in [-0.2, 0) is 0 Å². The van der Waals surface area contributed by atoms with E-state index in [1.54, 1.807) is 10.9 Å². The van der Waals surface area contributed by atoms with Crippen LogP contribution >= 0.6 is 0 Å². The number of carbonyl (C=O) groups excluding carboxylic acids is 1. The molecule has 124 valence electrons. The third-order valence-electron chi connectivity index (χ3n) is 4.11. The van der Waals surface area contributed by atoms with E-state index in [1.807, 2.05) is 55.5 Å². The lowest BCUT2D eigenvalue weighted by Gasteiger charge is -2.05. The number of benzene rings is 2. The predicted molar refractivity (Wildman–Crippen MR) is 99.6 cm³/mol. The van der Waals surface area contributed by atoms with Crippen molar-refractivity contribution in [3.8, 4) is 29.3 Å². The molecule has 1 aromatic heterocycles. The minimum Gasteiger partial charge on any atom is -0.341 e. The molecule has 2 aromatic carbocycles. The predicted octanol–water partition coefficient (Wildman–Crippen LogP) is 3.52. The van der Waals surface area contributed by atoms with Crippen molar-refractivity contribution in [2.45, 2.75) is 13.8 Å². The number of aromatic nitrogens is 2. The molecule has 1 heterocycles. The molecule has 4 heteroatoms. The summed E-state index contributed by atoms with van der Waals surface area (Å²) in [7, 11) is 0. The van der Waals surface area contributed by atoms with E-state index in [1.165, 1.54) is 5.56 Å². The summed E-state index contributed by atoms with van der Waals surface area (Å²) in [5.74, 6) is 2.20. The Hall–Kier alpha value is -3.32. The van der Waals surface area contributed by atoms with E-state index in [0.717, 1.165) is 16.8 Å². The summed E-state index contributed by atoms with van der Waals surface area (Å²) in [6, 6.07) is 15.8. The molecule has 0 fully saturated rings. The fraction of sp³-hybridized carbons (Fsp3) is 0.143. The molecule has 0 unspecified atom stereocenters. The minimum absolute atomic E-state index is 0.182. The molecule has 0 aliphatic carbocycles. The molecule has 0 atom stereocenters. The standard InChI is InChI=1S/C21H19N3O/c1-4-12-22-21(25)19-14-24(18-8-6-5-7-9-18)23-20(19)17-11-10-15(2)16(3)13-17/h1,5-11,13-14H,12H2,2-3H3,(H,22,25). The highest BCUT2D eigenvalue weighted by Gasteiger charge is 2.18. The molecule has 0 spiro atoms. The summed E-state index contributed by atoms with van der Waals surface area (Å²) in [6.45, 7) is 4.29. The maximum atomic E-state index is 12.5. The van der Waals surface area contributed by atoms with Crippen molar-refractivity contribution in [2.75, 3.05) is 6.54 Å². The maximum Gasteiger partial charge on any atom is 0.255 e. The van der Waals surface area contributed by atoms with Crippen molar-refractivity contribution in [1.82, 2.24) is 15.1 Å². The number of terminal acetylenes is 1. The Morgan fingerprint density at radius 1 is 1.16 bits per heavy atom. The van der Waals surface area contributed by atoms with E-state index in [-0.39, 0.29) is 12.5 Å². The van der Waals surface area contributed by atoms with Crippen molar-refractivity contribution in [3.63, 3.8) is 0 Å². The van der Waals surface area contributed by atoms with Gasteiger partial charge in [-0.1, -0.05) is 36.3 Å². The van der Waals surface area contributed by atoms with Crippen LogP contribution in [-0.4, -0.2) is 22.2 Å². The number of hydrogen-bond donors (Lipinski definition) is 1. The number of rotatable bonds is 4. The van der Waals surface area contributed by atoms with Gasteiger partial charge in [-0.3, -0.25) is 4.79 Å². The van der Waals surface area contributed by atoms with Gasteiger partial charge in [0.1, 0.15) is 5.69 Å². The topological polar surface area (TPSA) is 46.9 Å². The Morgan fingerprint density at radius 2 is 1.92 bits per heavy atom. The van der Waals surface area contributed by atoms with Crippen molar-refractivity contribution in [2.24, 2.45) is 0 Å². The van der Waals surface area contributed by atoms with E-state index < -0.39 is 0 Å². The molecule has 0 radical (unpaired) electrons. The molecule has 4 nitrogen and oxygen atoms in total. The molecule has 0 aliphatic rings. The van der Waals surface area contributed by atoms with E-state index >= 15 is 0 Å². The second kappa shape index (κ2) is 7.06. The molecule has 0 aliphatic heterocycles. The summed E-state index contributed by atoms with van der Waals surface area (Å²) in [6.07, 6.45) is 6.99. The van der Waals surface area contributed by atoms with E-state index in [9.17, 15) is 4.79 Å². The molecule has 0 saturated carbocycles. The van der Waals surface area contributed by atoms with E-state index in [0.29, 0.717) is 11.3 Å². The van der Waals surface area contributed by atoms with Crippen LogP contribution in [0.15, 0.2) is 54.7 Å². The number of aryl methyl sites for hydroxylation is 2. The molecular formula is C21H19N3O. The van der Waals surface area contributed by atoms with Crippen LogP contribution < -0.4 is 5.32 Å². The van der Waals surface area contributed by atoms with Gasteiger partial charge in [-0.05, 0) is 43.2 Å². The fourth-order valence-corrected chi connectivity index (χ4v) is 2.58. The number of para-hydroxylation sites is 1. The molecule has 3 rings (SSSR count). The monoisotopic (exact) mass is 329 g/mol. The van der Waals surface area contributed by atoms with Crippen LogP contribution in [0.4, 0.5) is 0 Å². The first-order valence-corrected chi connectivity index (χ1v) is 8.04. The average molecular weight is 329 g/mol. The number of nitrogens with zero attached hydrogens (tertiary/aromatic N) is 2. The van der Waals surface area contributed by atoms with Gasteiger partial charge in [0, 0.05) is 11.8 Å². The van der Waals surface area contributed by atoms with Crippen LogP contribution in [0.2, 0.25) is 0 Å².